The van der Waals surface area contributed by atoms with Gasteiger partial charge in [-0.2, -0.15) is 9.78 Å². The molecule has 1 amide bonds. The van der Waals surface area contributed by atoms with Gasteiger partial charge in [-0.15, -0.1) is 0 Å². The highest BCUT2D eigenvalue weighted by atomic mass is 16.5. The number of aryl methyl sites for hydroxylation is 1. The zero-order valence-electron chi connectivity index (χ0n) is 19.3. The second kappa shape index (κ2) is 11.0. The number of nitrogens with zero attached hydrogens (tertiary/aromatic N) is 2. The number of aromatic nitrogens is 2. The highest BCUT2D eigenvalue weighted by Crippen LogP contribution is 2.29. The first-order chi connectivity index (χ1) is 16.4. The average molecular weight is 467 g/mol. The Bertz CT molecular complexity index is 1240. The molecule has 178 valence electrons. The van der Waals surface area contributed by atoms with Crippen molar-refractivity contribution in [2.75, 3.05) is 32.8 Å². The molecule has 0 aliphatic heterocycles. The molecule has 2 aromatic carbocycles. The SMILES string of the molecule is CCOC(=O)c1nn(-c2ccc(C)cc2)c(=O)cc1OCC(=O)Nc1ccc(OC)c(OC)c1. The minimum atomic E-state index is -0.779. The molecule has 0 aliphatic rings. The number of hydrogen-bond donors (Lipinski definition) is 1. The van der Waals surface area contributed by atoms with Crippen molar-refractivity contribution in [2.24, 2.45) is 0 Å². The normalized spacial score (nSPS) is 10.4. The largest absolute Gasteiger partial charge is 0.493 e. The summed E-state index contributed by atoms with van der Waals surface area (Å²) < 4.78 is 22.0. The van der Waals surface area contributed by atoms with Crippen LogP contribution in [0.25, 0.3) is 5.69 Å². The molecule has 10 heteroatoms. The van der Waals surface area contributed by atoms with Crippen molar-refractivity contribution < 1.29 is 28.5 Å². The predicted octanol–water partition coefficient (Wildman–Crippen LogP) is 2.75. The number of esters is 1. The van der Waals surface area contributed by atoms with Crippen molar-refractivity contribution in [1.29, 1.82) is 0 Å². The van der Waals surface area contributed by atoms with Gasteiger partial charge in [-0.25, -0.2) is 4.79 Å². The predicted molar refractivity (Wildman–Crippen MR) is 124 cm³/mol. The highest BCUT2D eigenvalue weighted by Gasteiger charge is 2.21. The maximum absolute atomic E-state index is 12.7. The number of hydrogen-bond acceptors (Lipinski definition) is 8. The number of methoxy groups -OCH3 is 2. The molecular formula is C24H25N3O7. The van der Waals surface area contributed by atoms with Crippen molar-refractivity contribution in [3.05, 3.63) is 70.1 Å². The Morgan fingerprint density at radius 3 is 2.32 bits per heavy atom. The molecule has 0 saturated heterocycles. The zero-order valence-corrected chi connectivity index (χ0v) is 19.3. The van der Waals surface area contributed by atoms with Gasteiger partial charge in [0, 0.05) is 11.8 Å². The van der Waals surface area contributed by atoms with E-state index >= 15 is 0 Å². The molecule has 1 heterocycles. The Morgan fingerprint density at radius 1 is 0.971 bits per heavy atom. The van der Waals surface area contributed by atoms with Gasteiger partial charge in [-0.05, 0) is 38.1 Å². The molecule has 0 saturated carbocycles. The van der Waals surface area contributed by atoms with E-state index in [-0.39, 0.29) is 18.1 Å². The first-order valence-electron chi connectivity index (χ1n) is 10.4. The standard InChI is InChI=1S/C24H25N3O7/c1-5-33-24(30)23-20(13-22(29)27(26-23)17-9-6-15(2)7-10-17)34-14-21(28)25-16-8-11-18(31-3)19(12-16)32-4/h6-13H,5,14H2,1-4H3,(H,25,28). The summed E-state index contributed by atoms with van der Waals surface area (Å²) in [4.78, 5) is 37.6. The minimum absolute atomic E-state index is 0.101. The summed E-state index contributed by atoms with van der Waals surface area (Å²) in [5, 5.41) is 6.79. The summed E-state index contributed by atoms with van der Waals surface area (Å²) in [7, 11) is 2.99. The van der Waals surface area contributed by atoms with Gasteiger partial charge in [-0.1, -0.05) is 17.7 Å². The van der Waals surface area contributed by atoms with Crippen LogP contribution in [0.4, 0.5) is 5.69 Å². The highest BCUT2D eigenvalue weighted by molar-refractivity contribution is 5.93. The van der Waals surface area contributed by atoms with Gasteiger partial charge in [0.05, 0.1) is 32.6 Å². The summed E-state index contributed by atoms with van der Waals surface area (Å²) >= 11 is 0. The number of amides is 1. The molecule has 0 atom stereocenters. The van der Waals surface area contributed by atoms with Gasteiger partial charge in [-0.3, -0.25) is 9.59 Å². The van der Waals surface area contributed by atoms with Gasteiger partial charge >= 0.3 is 5.97 Å². The van der Waals surface area contributed by atoms with Crippen LogP contribution in [-0.2, 0) is 9.53 Å². The van der Waals surface area contributed by atoms with Crippen LogP contribution in [0.5, 0.6) is 17.2 Å². The van der Waals surface area contributed by atoms with Crippen LogP contribution in [0.2, 0.25) is 0 Å². The van der Waals surface area contributed by atoms with Gasteiger partial charge < -0.3 is 24.3 Å². The van der Waals surface area contributed by atoms with E-state index in [1.807, 2.05) is 19.1 Å². The summed E-state index contributed by atoms with van der Waals surface area (Å²) in [6.07, 6.45) is 0. The summed E-state index contributed by atoms with van der Waals surface area (Å²) in [5.41, 5.74) is 1.17. The molecule has 0 bridgehead atoms. The molecule has 34 heavy (non-hydrogen) atoms. The number of ether oxygens (including phenoxy) is 4. The molecule has 0 spiro atoms. The topological polar surface area (TPSA) is 118 Å². The fourth-order valence-corrected chi connectivity index (χ4v) is 3.02. The fourth-order valence-electron chi connectivity index (χ4n) is 3.02. The van der Waals surface area contributed by atoms with Crippen LogP contribution in [-0.4, -0.2) is 49.1 Å². The Labute approximate surface area is 196 Å². The van der Waals surface area contributed by atoms with E-state index in [1.54, 1.807) is 37.3 Å². The number of anilines is 1. The number of benzene rings is 2. The number of rotatable bonds is 9. The zero-order chi connectivity index (χ0) is 24.7. The van der Waals surface area contributed by atoms with Crippen LogP contribution in [0.15, 0.2) is 53.3 Å². The Balaban J connectivity index is 1.82. The quantitative estimate of drug-likeness (QED) is 0.478. The molecule has 3 rings (SSSR count). The van der Waals surface area contributed by atoms with Crippen LogP contribution in [0, 0.1) is 6.92 Å². The van der Waals surface area contributed by atoms with Crippen molar-refractivity contribution in [1.82, 2.24) is 9.78 Å². The first-order valence-corrected chi connectivity index (χ1v) is 10.4. The van der Waals surface area contributed by atoms with Crippen LogP contribution in [0.1, 0.15) is 23.0 Å². The number of nitrogens with one attached hydrogen (secondary N) is 1. The monoisotopic (exact) mass is 467 g/mol. The molecule has 0 aliphatic carbocycles. The van der Waals surface area contributed by atoms with Crippen molar-refractivity contribution in [2.45, 2.75) is 13.8 Å². The van der Waals surface area contributed by atoms with Crippen LogP contribution in [0.3, 0.4) is 0 Å². The lowest BCUT2D eigenvalue weighted by atomic mass is 10.2. The van der Waals surface area contributed by atoms with Crippen molar-refractivity contribution in [3.63, 3.8) is 0 Å². The summed E-state index contributed by atoms with van der Waals surface area (Å²) in [6, 6.07) is 13.0. The lowest BCUT2D eigenvalue weighted by molar-refractivity contribution is -0.118. The van der Waals surface area contributed by atoms with E-state index < -0.39 is 24.0 Å². The van der Waals surface area contributed by atoms with E-state index in [9.17, 15) is 14.4 Å². The molecular weight excluding hydrogens is 442 g/mol. The van der Waals surface area contributed by atoms with E-state index in [0.717, 1.165) is 16.3 Å². The van der Waals surface area contributed by atoms with Gasteiger partial charge in [0.2, 0.25) is 5.69 Å². The number of carbonyl (C=O) groups excluding carboxylic acids is 2. The minimum Gasteiger partial charge on any atom is -0.493 e. The molecule has 3 aromatic rings. The van der Waals surface area contributed by atoms with Gasteiger partial charge in [0.1, 0.15) is 0 Å². The Kier molecular flexibility index (Phi) is 7.86. The van der Waals surface area contributed by atoms with E-state index in [0.29, 0.717) is 22.9 Å². The molecule has 0 fully saturated rings. The average Bonchev–Trinajstić information content (AvgIpc) is 2.83. The van der Waals surface area contributed by atoms with Gasteiger partial charge in [0.25, 0.3) is 11.5 Å². The molecule has 0 unspecified atom stereocenters. The van der Waals surface area contributed by atoms with Crippen LogP contribution >= 0.6 is 0 Å². The lowest BCUT2D eigenvalue weighted by Crippen LogP contribution is -2.27. The summed E-state index contributed by atoms with van der Waals surface area (Å²) in [6.45, 7) is 3.18. The third-order valence-electron chi connectivity index (χ3n) is 4.67. The third kappa shape index (κ3) is 5.71. The molecule has 1 aromatic heterocycles. The van der Waals surface area contributed by atoms with Gasteiger partial charge in [0.15, 0.2) is 23.9 Å². The van der Waals surface area contributed by atoms with E-state index in [2.05, 4.69) is 10.4 Å². The van der Waals surface area contributed by atoms with Crippen molar-refractivity contribution in [3.8, 4) is 22.9 Å². The van der Waals surface area contributed by atoms with Crippen molar-refractivity contribution >= 4 is 17.6 Å². The molecule has 1 N–H and O–H groups in total. The van der Waals surface area contributed by atoms with E-state index in [1.165, 1.54) is 14.2 Å². The second-order valence-corrected chi connectivity index (χ2v) is 7.07. The second-order valence-electron chi connectivity index (χ2n) is 7.07. The molecule has 0 radical (unpaired) electrons. The molecule has 10 nitrogen and oxygen atoms in total. The maximum atomic E-state index is 12.7. The first kappa shape index (κ1) is 24.3. The maximum Gasteiger partial charge on any atom is 0.362 e. The van der Waals surface area contributed by atoms with E-state index in [4.69, 9.17) is 18.9 Å². The lowest BCUT2D eigenvalue weighted by Gasteiger charge is -2.13. The fraction of sp³-hybridized carbons (Fsp3) is 0.250. The smallest absolute Gasteiger partial charge is 0.362 e. The van der Waals surface area contributed by atoms with Crippen LogP contribution < -0.4 is 25.1 Å². The summed E-state index contributed by atoms with van der Waals surface area (Å²) in [5.74, 6) is -0.511. The Hall–Kier alpha value is -4.34. The number of carbonyl (C=O) groups is 2. The third-order valence-corrected chi connectivity index (χ3v) is 4.67. The Morgan fingerprint density at radius 2 is 1.68 bits per heavy atom.